The highest BCUT2D eigenvalue weighted by atomic mass is 19.1. The van der Waals surface area contributed by atoms with Crippen molar-refractivity contribution in [3.8, 4) is 5.75 Å². The predicted octanol–water partition coefficient (Wildman–Crippen LogP) is 4.76. The smallest absolute Gasteiger partial charge is 0.198 e. The van der Waals surface area contributed by atoms with Crippen molar-refractivity contribution in [1.29, 1.82) is 0 Å². The molecule has 0 spiro atoms. The van der Waals surface area contributed by atoms with Crippen LogP contribution in [-0.2, 0) is 4.79 Å². The first-order valence-electron chi connectivity index (χ1n) is 9.21. The van der Waals surface area contributed by atoms with Crippen LogP contribution in [0, 0.1) is 5.82 Å². The summed E-state index contributed by atoms with van der Waals surface area (Å²) in [5.74, 6) is 0.414. The van der Waals surface area contributed by atoms with Crippen LogP contribution >= 0.6 is 0 Å². The number of hydrazone groups is 1. The van der Waals surface area contributed by atoms with Gasteiger partial charge in [0.2, 0.25) is 0 Å². The number of carbonyl (C=O) groups is 1. The van der Waals surface area contributed by atoms with E-state index in [0.717, 1.165) is 11.3 Å². The first-order valence-corrected chi connectivity index (χ1v) is 9.21. The molecule has 0 aromatic heterocycles. The quantitative estimate of drug-likeness (QED) is 0.631. The number of hydrogen-bond donors (Lipinski definition) is 0. The van der Waals surface area contributed by atoms with Gasteiger partial charge in [0.15, 0.2) is 17.8 Å². The lowest BCUT2D eigenvalue weighted by atomic mass is 10.1. The number of ether oxygens (including phenoxy) is 1. The van der Waals surface area contributed by atoms with E-state index in [1.165, 1.54) is 19.1 Å². The van der Waals surface area contributed by atoms with Crippen LogP contribution < -0.4 is 14.6 Å². The average Bonchev–Trinajstić information content (AvgIpc) is 3.15. The minimum absolute atomic E-state index is 0.187. The van der Waals surface area contributed by atoms with Gasteiger partial charge in [-0.25, -0.2) is 9.40 Å². The molecule has 0 radical (unpaired) electrons. The zero-order valence-electron chi connectivity index (χ0n) is 16.1. The van der Waals surface area contributed by atoms with Gasteiger partial charge in [0, 0.05) is 18.2 Å². The van der Waals surface area contributed by atoms with Crippen LogP contribution in [0.25, 0.3) is 0 Å². The zero-order chi connectivity index (χ0) is 20.4. The molecule has 0 N–H and O–H groups in total. The number of benzene rings is 3. The fourth-order valence-corrected chi connectivity index (χ4v) is 3.47. The summed E-state index contributed by atoms with van der Waals surface area (Å²) in [6.45, 7) is 1.48. The summed E-state index contributed by atoms with van der Waals surface area (Å²) in [4.78, 5) is 14.3. The van der Waals surface area contributed by atoms with E-state index in [2.05, 4.69) is 5.10 Å². The SMILES string of the molecule is COc1ccccc1[C@@H]1N(c2ccccc2)N=C(C(C)=O)N1c1ccc(F)cc1. The van der Waals surface area contributed by atoms with Crippen molar-refractivity contribution in [2.24, 2.45) is 5.10 Å². The van der Waals surface area contributed by atoms with Crippen LogP contribution in [0.5, 0.6) is 5.75 Å². The topological polar surface area (TPSA) is 45.1 Å². The molecule has 0 saturated carbocycles. The third-order valence-corrected chi connectivity index (χ3v) is 4.76. The first-order chi connectivity index (χ1) is 14.1. The number of rotatable bonds is 5. The average molecular weight is 389 g/mol. The van der Waals surface area contributed by atoms with Crippen molar-refractivity contribution in [1.82, 2.24) is 0 Å². The minimum atomic E-state index is -0.474. The van der Waals surface area contributed by atoms with E-state index >= 15 is 0 Å². The molecule has 5 nitrogen and oxygen atoms in total. The van der Waals surface area contributed by atoms with Gasteiger partial charge in [0.1, 0.15) is 11.6 Å². The molecule has 6 heteroatoms. The molecular weight excluding hydrogens is 369 g/mol. The third kappa shape index (κ3) is 3.45. The summed E-state index contributed by atoms with van der Waals surface area (Å²) in [7, 11) is 1.61. The number of anilines is 2. The summed E-state index contributed by atoms with van der Waals surface area (Å²) in [5, 5.41) is 6.44. The minimum Gasteiger partial charge on any atom is -0.496 e. The van der Waals surface area contributed by atoms with Crippen molar-refractivity contribution in [3.05, 3.63) is 90.2 Å². The molecule has 1 aliphatic heterocycles. The number of Topliss-reactive ketones (excluding diaryl/α,β-unsaturated/α-hetero) is 1. The van der Waals surface area contributed by atoms with E-state index in [1.807, 2.05) is 59.5 Å². The Morgan fingerprint density at radius 2 is 1.59 bits per heavy atom. The maximum absolute atomic E-state index is 13.6. The molecule has 29 heavy (non-hydrogen) atoms. The Balaban J connectivity index is 1.93. The Morgan fingerprint density at radius 1 is 0.931 bits per heavy atom. The van der Waals surface area contributed by atoms with Gasteiger partial charge in [-0.05, 0) is 42.5 Å². The van der Waals surface area contributed by atoms with Gasteiger partial charge in [-0.2, -0.15) is 0 Å². The fourth-order valence-electron chi connectivity index (χ4n) is 3.47. The lowest BCUT2D eigenvalue weighted by Crippen LogP contribution is -2.38. The van der Waals surface area contributed by atoms with Crippen molar-refractivity contribution in [2.45, 2.75) is 13.1 Å². The molecule has 1 heterocycles. The largest absolute Gasteiger partial charge is 0.496 e. The number of para-hydroxylation sites is 2. The molecule has 0 bridgehead atoms. The van der Waals surface area contributed by atoms with Crippen molar-refractivity contribution >= 4 is 23.0 Å². The highest BCUT2D eigenvalue weighted by Crippen LogP contribution is 2.41. The number of hydrogen-bond acceptors (Lipinski definition) is 5. The van der Waals surface area contributed by atoms with E-state index < -0.39 is 6.17 Å². The molecule has 0 unspecified atom stereocenters. The Hall–Kier alpha value is -3.67. The van der Waals surface area contributed by atoms with Crippen molar-refractivity contribution in [2.75, 3.05) is 17.0 Å². The molecule has 0 aliphatic carbocycles. The summed E-state index contributed by atoms with van der Waals surface area (Å²) in [6.07, 6.45) is -0.474. The Kier molecular flexibility index (Phi) is 4.99. The van der Waals surface area contributed by atoms with E-state index in [9.17, 15) is 9.18 Å². The summed E-state index contributed by atoms with van der Waals surface area (Å²) >= 11 is 0. The summed E-state index contributed by atoms with van der Waals surface area (Å²) in [6, 6.07) is 23.2. The van der Waals surface area contributed by atoms with Gasteiger partial charge >= 0.3 is 0 Å². The number of amidine groups is 1. The predicted molar refractivity (Wildman–Crippen MR) is 112 cm³/mol. The Bertz CT molecular complexity index is 1050. The summed E-state index contributed by atoms with van der Waals surface area (Å²) < 4.78 is 19.2. The number of nitrogens with zero attached hydrogens (tertiary/aromatic N) is 3. The maximum Gasteiger partial charge on any atom is 0.198 e. The van der Waals surface area contributed by atoms with Gasteiger partial charge in [0.25, 0.3) is 0 Å². The van der Waals surface area contributed by atoms with Gasteiger partial charge in [-0.1, -0.05) is 36.4 Å². The van der Waals surface area contributed by atoms with Crippen molar-refractivity contribution < 1.29 is 13.9 Å². The maximum atomic E-state index is 13.6. The molecule has 146 valence electrons. The van der Waals surface area contributed by atoms with Crippen LogP contribution in [0.4, 0.5) is 15.8 Å². The zero-order valence-corrected chi connectivity index (χ0v) is 16.1. The molecule has 4 rings (SSSR count). The molecule has 3 aromatic carbocycles. The monoisotopic (exact) mass is 389 g/mol. The highest BCUT2D eigenvalue weighted by molar-refractivity contribution is 6.44. The molecule has 1 aliphatic rings. The first kappa shape index (κ1) is 18.7. The summed E-state index contributed by atoms with van der Waals surface area (Å²) in [5.41, 5.74) is 2.32. The Labute approximate surface area is 168 Å². The fraction of sp³-hybridized carbons (Fsp3) is 0.130. The van der Waals surface area contributed by atoms with Crippen molar-refractivity contribution in [3.63, 3.8) is 0 Å². The normalized spacial score (nSPS) is 16.0. The number of methoxy groups -OCH3 is 1. The molecule has 0 saturated heterocycles. The molecule has 0 amide bonds. The van der Waals surface area contributed by atoms with Crippen LogP contribution in [0.2, 0.25) is 0 Å². The number of ketones is 1. The van der Waals surface area contributed by atoms with Gasteiger partial charge in [-0.15, -0.1) is 5.10 Å². The van der Waals surface area contributed by atoms with Crippen LogP contribution in [-0.4, -0.2) is 18.7 Å². The number of halogens is 1. The van der Waals surface area contributed by atoms with Gasteiger partial charge < -0.3 is 4.74 Å². The molecule has 1 atom stereocenters. The highest BCUT2D eigenvalue weighted by Gasteiger charge is 2.40. The third-order valence-electron chi connectivity index (χ3n) is 4.76. The Morgan fingerprint density at radius 3 is 2.24 bits per heavy atom. The van der Waals surface area contributed by atoms with Crippen LogP contribution in [0.15, 0.2) is 84.0 Å². The van der Waals surface area contributed by atoms with Gasteiger partial charge in [-0.3, -0.25) is 9.69 Å². The van der Waals surface area contributed by atoms with Crippen LogP contribution in [0.3, 0.4) is 0 Å². The van der Waals surface area contributed by atoms with Crippen LogP contribution in [0.1, 0.15) is 18.7 Å². The molecular formula is C23H20FN3O2. The van der Waals surface area contributed by atoms with E-state index in [4.69, 9.17) is 4.74 Å². The second-order valence-corrected chi connectivity index (χ2v) is 6.62. The van der Waals surface area contributed by atoms with E-state index in [0.29, 0.717) is 11.4 Å². The second-order valence-electron chi connectivity index (χ2n) is 6.62. The molecule has 3 aromatic rings. The number of carbonyl (C=O) groups excluding carboxylic acids is 1. The van der Waals surface area contributed by atoms with Gasteiger partial charge in [0.05, 0.1) is 12.8 Å². The second kappa shape index (κ2) is 7.75. The lowest BCUT2D eigenvalue weighted by molar-refractivity contribution is -0.111. The lowest BCUT2D eigenvalue weighted by Gasteiger charge is -2.32. The molecule has 0 fully saturated rings. The van der Waals surface area contributed by atoms with E-state index in [-0.39, 0.29) is 17.4 Å². The standard InChI is InChI=1S/C23H20FN3O2/c1-16(28)22-25-27(19-8-4-3-5-9-19)23(20-10-6-7-11-21(20)29-2)26(22)18-14-12-17(24)13-15-18/h3-15,23H,1-2H3/t23-/m0/s1. The van der Waals surface area contributed by atoms with E-state index in [1.54, 1.807) is 24.3 Å².